The Bertz CT molecular complexity index is 1500. The summed E-state index contributed by atoms with van der Waals surface area (Å²) in [5.74, 6) is 0. The van der Waals surface area contributed by atoms with Gasteiger partial charge >= 0.3 is 0 Å². The summed E-state index contributed by atoms with van der Waals surface area (Å²) in [6.45, 7) is 2.12. The standard InChI is InChI=1S/C27H18O/c1-17-9-11-19(12-10-17)21-8-4-6-20-15-26-24(16-23(20)21)27-22-7-3-2-5-18(22)13-14-25(27)28-26/h2-16H,1H3. The lowest BCUT2D eigenvalue weighted by molar-refractivity contribution is 0.670. The third-order valence-electron chi connectivity index (χ3n) is 5.72. The Labute approximate surface area is 162 Å². The number of benzene rings is 5. The van der Waals surface area contributed by atoms with E-state index >= 15 is 0 Å². The van der Waals surface area contributed by atoms with E-state index in [-0.39, 0.29) is 0 Å². The molecule has 5 aromatic carbocycles. The van der Waals surface area contributed by atoms with Crippen LogP contribution in [0, 0.1) is 6.92 Å². The summed E-state index contributed by atoms with van der Waals surface area (Å²) in [4.78, 5) is 0. The molecule has 0 saturated carbocycles. The average molecular weight is 358 g/mol. The molecule has 0 radical (unpaired) electrons. The van der Waals surface area contributed by atoms with Crippen LogP contribution in [0.2, 0.25) is 0 Å². The van der Waals surface area contributed by atoms with E-state index in [4.69, 9.17) is 4.42 Å². The van der Waals surface area contributed by atoms with Crippen LogP contribution in [0.1, 0.15) is 5.56 Å². The third-order valence-corrected chi connectivity index (χ3v) is 5.72. The summed E-state index contributed by atoms with van der Waals surface area (Å²) in [7, 11) is 0. The Kier molecular flexibility index (Phi) is 3.15. The molecule has 0 fully saturated rings. The van der Waals surface area contributed by atoms with Gasteiger partial charge in [-0.05, 0) is 57.8 Å². The Morgan fingerprint density at radius 3 is 2.29 bits per heavy atom. The van der Waals surface area contributed by atoms with Gasteiger partial charge in [0.2, 0.25) is 0 Å². The van der Waals surface area contributed by atoms with E-state index in [0.717, 1.165) is 11.2 Å². The molecule has 6 aromatic rings. The molecular weight excluding hydrogens is 340 g/mol. The lowest BCUT2D eigenvalue weighted by atomic mass is 9.95. The van der Waals surface area contributed by atoms with Crippen molar-refractivity contribution in [3.05, 3.63) is 96.6 Å². The van der Waals surface area contributed by atoms with Gasteiger partial charge in [-0.2, -0.15) is 0 Å². The monoisotopic (exact) mass is 358 g/mol. The highest BCUT2D eigenvalue weighted by Gasteiger charge is 2.13. The lowest BCUT2D eigenvalue weighted by Crippen LogP contribution is -1.82. The van der Waals surface area contributed by atoms with Crippen molar-refractivity contribution in [1.29, 1.82) is 0 Å². The minimum atomic E-state index is 0.944. The van der Waals surface area contributed by atoms with E-state index in [0.29, 0.717) is 0 Å². The highest BCUT2D eigenvalue weighted by atomic mass is 16.3. The van der Waals surface area contributed by atoms with Crippen molar-refractivity contribution in [3.8, 4) is 11.1 Å². The molecule has 0 bridgehead atoms. The predicted molar refractivity (Wildman–Crippen MR) is 119 cm³/mol. The second-order valence-corrected chi connectivity index (χ2v) is 7.50. The van der Waals surface area contributed by atoms with Crippen LogP contribution < -0.4 is 0 Å². The van der Waals surface area contributed by atoms with Gasteiger partial charge in [-0.1, -0.05) is 78.4 Å². The second kappa shape index (κ2) is 5.71. The SMILES string of the molecule is Cc1ccc(-c2cccc3cc4oc5ccc6ccccc6c5c4cc23)cc1. The molecule has 28 heavy (non-hydrogen) atoms. The van der Waals surface area contributed by atoms with Crippen molar-refractivity contribution in [2.75, 3.05) is 0 Å². The van der Waals surface area contributed by atoms with E-state index in [1.807, 2.05) is 0 Å². The fourth-order valence-corrected chi connectivity index (χ4v) is 4.30. The van der Waals surface area contributed by atoms with E-state index in [9.17, 15) is 0 Å². The summed E-state index contributed by atoms with van der Waals surface area (Å²) in [6, 6.07) is 32.5. The Morgan fingerprint density at radius 1 is 0.571 bits per heavy atom. The zero-order chi connectivity index (χ0) is 18.7. The average Bonchev–Trinajstić information content (AvgIpc) is 3.10. The number of fused-ring (bicyclic) bond motifs is 6. The molecular formula is C27H18O. The highest BCUT2D eigenvalue weighted by Crippen LogP contribution is 2.39. The number of furan rings is 1. The molecule has 0 aliphatic heterocycles. The van der Waals surface area contributed by atoms with Crippen molar-refractivity contribution in [1.82, 2.24) is 0 Å². The molecule has 1 heteroatoms. The molecule has 0 aliphatic carbocycles. The summed E-state index contributed by atoms with van der Waals surface area (Å²) in [5.41, 5.74) is 5.67. The van der Waals surface area contributed by atoms with Crippen molar-refractivity contribution < 1.29 is 4.42 Å². The van der Waals surface area contributed by atoms with Gasteiger partial charge in [-0.3, -0.25) is 0 Å². The van der Waals surface area contributed by atoms with Gasteiger partial charge in [0.25, 0.3) is 0 Å². The third kappa shape index (κ3) is 2.20. The maximum atomic E-state index is 6.23. The van der Waals surface area contributed by atoms with Crippen molar-refractivity contribution in [3.63, 3.8) is 0 Å². The molecule has 132 valence electrons. The fraction of sp³-hybridized carbons (Fsp3) is 0.0370. The maximum Gasteiger partial charge on any atom is 0.136 e. The maximum absolute atomic E-state index is 6.23. The molecule has 1 aromatic heterocycles. The zero-order valence-corrected chi connectivity index (χ0v) is 15.6. The van der Waals surface area contributed by atoms with Crippen molar-refractivity contribution >= 4 is 43.5 Å². The predicted octanol–water partition coefficient (Wildman–Crippen LogP) is 7.87. The van der Waals surface area contributed by atoms with Crippen LogP contribution in [0.25, 0.3) is 54.6 Å². The van der Waals surface area contributed by atoms with Crippen molar-refractivity contribution in [2.45, 2.75) is 6.92 Å². The highest BCUT2D eigenvalue weighted by molar-refractivity contribution is 6.21. The van der Waals surface area contributed by atoms with Crippen LogP contribution in [-0.2, 0) is 0 Å². The zero-order valence-electron chi connectivity index (χ0n) is 15.6. The second-order valence-electron chi connectivity index (χ2n) is 7.50. The Hall–Kier alpha value is -3.58. The molecule has 0 amide bonds. The van der Waals surface area contributed by atoms with Crippen LogP contribution in [0.3, 0.4) is 0 Å². The van der Waals surface area contributed by atoms with E-state index in [2.05, 4.69) is 97.9 Å². The smallest absolute Gasteiger partial charge is 0.136 e. The summed E-state index contributed by atoms with van der Waals surface area (Å²) in [6.07, 6.45) is 0. The fourth-order valence-electron chi connectivity index (χ4n) is 4.30. The summed E-state index contributed by atoms with van der Waals surface area (Å²) >= 11 is 0. The van der Waals surface area contributed by atoms with Gasteiger partial charge in [0.15, 0.2) is 0 Å². The van der Waals surface area contributed by atoms with Crippen LogP contribution in [-0.4, -0.2) is 0 Å². The molecule has 1 heterocycles. The Balaban J connectivity index is 1.75. The van der Waals surface area contributed by atoms with Gasteiger partial charge in [0, 0.05) is 10.8 Å². The van der Waals surface area contributed by atoms with Crippen LogP contribution in [0.5, 0.6) is 0 Å². The molecule has 0 atom stereocenters. The summed E-state index contributed by atoms with van der Waals surface area (Å²) in [5, 5.41) is 7.33. The van der Waals surface area contributed by atoms with Gasteiger partial charge in [0.1, 0.15) is 11.2 Å². The molecule has 0 aliphatic rings. The van der Waals surface area contributed by atoms with Crippen LogP contribution in [0.15, 0.2) is 95.4 Å². The molecule has 0 N–H and O–H groups in total. The normalized spacial score (nSPS) is 11.8. The number of hydrogen-bond donors (Lipinski definition) is 0. The summed E-state index contributed by atoms with van der Waals surface area (Å²) < 4.78 is 6.23. The van der Waals surface area contributed by atoms with Crippen molar-refractivity contribution in [2.24, 2.45) is 0 Å². The van der Waals surface area contributed by atoms with E-state index in [1.54, 1.807) is 0 Å². The largest absolute Gasteiger partial charge is 0.456 e. The first kappa shape index (κ1) is 15.5. The van der Waals surface area contributed by atoms with Crippen LogP contribution >= 0.6 is 0 Å². The minimum absolute atomic E-state index is 0.944. The quantitative estimate of drug-likeness (QED) is 0.291. The first-order valence-corrected chi connectivity index (χ1v) is 9.62. The number of aryl methyl sites for hydroxylation is 1. The Morgan fingerprint density at radius 2 is 1.39 bits per heavy atom. The van der Waals surface area contributed by atoms with Gasteiger partial charge in [-0.25, -0.2) is 0 Å². The van der Waals surface area contributed by atoms with E-state index < -0.39 is 0 Å². The minimum Gasteiger partial charge on any atom is -0.456 e. The number of hydrogen-bond acceptors (Lipinski definition) is 1. The first-order valence-electron chi connectivity index (χ1n) is 9.62. The van der Waals surface area contributed by atoms with Gasteiger partial charge < -0.3 is 4.42 Å². The lowest BCUT2D eigenvalue weighted by Gasteiger charge is -2.08. The number of rotatable bonds is 1. The van der Waals surface area contributed by atoms with Gasteiger partial charge in [0.05, 0.1) is 0 Å². The molecule has 0 spiro atoms. The first-order chi connectivity index (χ1) is 13.8. The molecule has 0 unspecified atom stereocenters. The topological polar surface area (TPSA) is 13.1 Å². The molecule has 1 nitrogen and oxygen atoms in total. The molecule has 0 saturated heterocycles. The molecule has 6 rings (SSSR count). The van der Waals surface area contributed by atoms with Gasteiger partial charge in [-0.15, -0.1) is 0 Å². The van der Waals surface area contributed by atoms with Crippen LogP contribution in [0.4, 0.5) is 0 Å². The van der Waals surface area contributed by atoms with E-state index in [1.165, 1.54) is 49.0 Å².